The van der Waals surface area contributed by atoms with Crippen molar-refractivity contribution in [2.75, 3.05) is 26.9 Å². The zero-order valence-corrected chi connectivity index (χ0v) is 16.6. The Labute approximate surface area is 166 Å². The Bertz CT molecular complexity index is 779. The van der Waals surface area contributed by atoms with E-state index in [0.717, 1.165) is 22.4 Å². The highest BCUT2D eigenvalue weighted by molar-refractivity contribution is 5.83. The summed E-state index contributed by atoms with van der Waals surface area (Å²) in [5, 5.41) is 12.4. The lowest BCUT2D eigenvalue weighted by Crippen LogP contribution is -2.47. The van der Waals surface area contributed by atoms with E-state index in [-0.39, 0.29) is 12.5 Å². The summed E-state index contributed by atoms with van der Waals surface area (Å²) in [5.41, 5.74) is 2.86. The Hall–Kier alpha value is -2.37. The van der Waals surface area contributed by atoms with Gasteiger partial charge in [-0.05, 0) is 55.0 Å². The van der Waals surface area contributed by atoms with Crippen molar-refractivity contribution in [1.29, 1.82) is 0 Å². The molecule has 0 aliphatic carbocycles. The molecule has 0 aromatic heterocycles. The van der Waals surface area contributed by atoms with Crippen molar-refractivity contribution < 1.29 is 19.4 Å². The molecule has 1 aliphatic heterocycles. The zero-order chi connectivity index (χ0) is 20.0. The largest absolute Gasteiger partial charge is 0.497 e. The Balaban J connectivity index is 1.81. The SMILES string of the molecule is COc1ccc(-c2cccc(CC3(C(=O)NC[C@H](C)O)CCOCC3)c2)cc1. The maximum Gasteiger partial charge on any atom is 0.226 e. The summed E-state index contributed by atoms with van der Waals surface area (Å²) < 4.78 is 10.7. The van der Waals surface area contributed by atoms with Crippen molar-refractivity contribution in [3.05, 3.63) is 54.1 Å². The molecule has 2 N–H and O–H groups in total. The van der Waals surface area contributed by atoms with Crippen LogP contribution in [0.15, 0.2) is 48.5 Å². The molecule has 0 radical (unpaired) electrons. The number of nitrogens with one attached hydrogen (secondary N) is 1. The minimum Gasteiger partial charge on any atom is -0.497 e. The smallest absolute Gasteiger partial charge is 0.226 e. The molecule has 150 valence electrons. The number of ether oxygens (including phenoxy) is 2. The van der Waals surface area contributed by atoms with Crippen LogP contribution < -0.4 is 10.1 Å². The van der Waals surface area contributed by atoms with Crippen LogP contribution >= 0.6 is 0 Å². The number of benzene rings is 2. The third-order valence-corrected chi connectivity index (χ3v) is 5.38. The van der Waals surface area contributed by atoms with Crippen LogP contribution in [0.1, 0.15) is 25.3 Å². The highest BCUT2D eigenvalue weighted by Gasteiger charge is 2.40. The van der Waals surface area contributed by atoms with Gasteiger partial charge in [0.25, 0.3) is 0 Å². The zero-order valence-electron chi connectivity index (χ0n) is 16.6. The lowest BCUT2D eigenvalue weighted by atomic mass is 9.74. The fourth-order valence-electron chi connectivity index (χ4n) is 3.71. The molecule has 0 bridgehead atoms. The first-order valence-electron chi connectivity index (χ1n) is 9.80. The molecule has 28 heavy (non-hydrogen) atoms. The molecular weight excluding hydrogens is 354 g/mol. The summed E-state index contributed by atoms with van der Waals surface area (Å²) in [6, 6.07) is 16.3. The molecule has 1 fully saturated rings. The first-order valence-corrected chi connectivity index (χ1v) is 9.80. The average Bonchev–Trinajstić information content (AvgIpc) is 2.73. The molecule has 1 heterocycles. The Kier molecular flexibility index (Phi) is 6.70. The fraction of sp³-hybridized carbons (Fsp3) is 0.435. The molecule has 1 amide bonds. The summed E-state index contributed by atoms with van der Waals surface area (Å²) >= 11 is 0. The minimum absolute atomic E-state index is 0.00607. The highest BCUT2D eigenvalue weighted by Crippen LogP contribution is 2.36. The molecular formula is C23H29NO4. The highest BCUT2D eigenvalue weighted by atomic mass is 16.5. The lowest BCUT2D eigenvalue weighted by molar-refractivity contribution is -0.137. The number of methoxy groups -OCH3 is 1. The number of carbonyl (C=O) groups excluding carboxylic acids is 1. The van der Waals surface area contributed by atoms with Gasteiger partial charge < -0.3 is 19.9 Å². The van der Waals surface area contributed by atoms with E-state index in [9.17, 15) is 9.90 Å². The summed E-state index contributed by atoms with van der Waals surface area (Å²) in [5.74, 6) is 0.836. The normalized spacial score (nSPS) is 17.0. The summed E-state index contributed by atoms with van der Waals surface area (Å²) in [6.45, 7) is 3.11. The van der Waals surface area contributed by atoms with Gasteiger partial charge in [0.05, 0.1) is 18.6 Å². The minimum atomic E-state index is -0.556. The van der Waals surface area contributed by atoms with Crippen LogP contribution in [0.3, 0.4) is 0 Å². The Morgan fingerprint density at radius 2 is 1.89 bits per heavy atom. The van der Waals surface area contributed by atoms with Gasteiger partial charge in [-0.1, -0.05) is 36.4 Å². The standard InChI is InChI=1S/C23H29NO4/c1-17(25)16-24-22(26)23(10-12-28-13-11-23)15-18-4-3-5-20(14-18)19-6-8-21(27-2)9-7-19/h3-9,14,17,25H,10-13,15-16H2,1-2H3,(H,24,26)/t17-/m0/s1. The van der Waals surface area contributed by atoms with Gasteiger partial charge in [0, 0.05) is 19.8 Å². The van der Waals surface area contributed by atoms with Crippen molar-refractivity contribution >= 4 is 5.91 Å². The van der Waals surface area contributed by atoms with E-state index in [2.05, 4.69) is 23.5 Å². The van der Waals surface area contributed by atoms with Crippen LogP contribution in [-0.2, 0) is 16.0 Å². The number of aliphatic hydroxyl groups excluding tert-OH is 1. The summed E-state index contributed by atoms with van der Waals surface area (Å²) in [7, 11) is 1.66. The van der Waals surface area contributed by atoms with Gasteiger partial charge in [0.15, 0.2) is 0 Å². The molecule has 2 aromatic rings. The van der Waals surface area contributed by atoms with E-state index < -0.39 is 11.5 Å². The fourth-order valence-corrected chi connectivity index (χ4v) is 3.71. The quantitative estimate of drug-likeness (QED) is 0.771. The van der Waals surface area contributed by atoms with E-state index in [1.54, 1.807) is 14.0 Å². The van der Waals surface area contributed by atoms with Crippen molar-refractivity contribution in [3.63, 3.8) is 0 Å². The maximum atomic E-state index is 13.0. The summed E-state index contributed by atoms with van der Waals surface area (Å²) in [6.07, 6.45) is 1.47. The number of amides is 1. The second-order valence-electron chi connectivity index (χ2n) is 7.56. The van der Waals surface area contributed by atoms with Gasteiger partial charge in [-0.2, -0.15) is 0 Å². The van der Waals surface area contributed by atoms with E-state index >= 15 is 0 Å². The molecule has 0 unspecified atom stereocenters. The van der Waals surface area contributed by atoms with Gasteiger partial charge in [-0.15, -0.1) is 0 Å². The second-order valence-corrected chi connectivity index (χ2v) is 7.56. The topological polar surface area (TPSA) is 67.8 Å². The van der Waals surface area contributed by atoms with Gasteiger partial charge in [0.2, 0.25) is 5.91 Å². The third-order valence-electron chi connectivity index (χ3n) is 5.38. The number of hydrogen-bond donors (Lipinski definition) is 2. The molecule has 0 spiro atoms. The monoisotopic (exact) mass is 383 g/mol. The number of carbonyl (C=O) groups is 1. The van der Waals surface area contributed by atoms with E-state index in [0.29, 0.717) is 32.5 Å². The van der Waals surface area contributed by atoms with Gasteiger partial charge in [-0.25, -0.2) is 0 Å². The van der Waals surface area contributed by atoms with Crippen LogP contribution in [0.5, 0.6) is 5.75 Å². The second kappa shape index (κ2) is 9.22. The molecule has 1 aliphatic rings. The van der Waals surface area contributed by atoms with Gasteiger partial charge in [0.1, 0.15) is 5.75 Å². The van der Waals surface area contributed by atoms with Crippen LogP contribution in [0.25, 0.3) is 11.1 Å². The van der Waals surface area contributed by atoms with Crippen LogP contribution in [-0.4, -0.2) is 44.0 Å². The molecule has 5 nitrogen and oxygen atoms in total. The Morgan fingerprint density at radius 3 is 2.54 bits per heavy atom. The predicted octanol–water partition coefficient (Wildman–Crippen LogP) is 3.20. The number of aliphatic hydroxyl groups is 1. The third kappa shape index (κ3) is 4.91. The van der Waals surface area contributed by atoms with Crippen LogP contribution in [0.4, 0.5) is 0 Å². The average molecular weight is 383 g/mol. The van der Waals surface area contributed by atoms with E-state index in [1.807, 2.05) is 30.3 Å². The van der Waals surface area contributed by atoms with Gasteiger partial charge in [-0.3, -0.25) is 4.79 Å². The predicted molar refractivity (Wildman–Crippen MR) is 109 cm³/mol. The van der Waals surface area contributed by atoms with Crippen LogP contribution in [0, 0.1) is 5.41 Å². The first-order chi connectivity index (χ1) is 13.5. The summed E-state index contributed by atoms with van der Waals surface area (Å²) in [4.78, 5) is 13.0. The van der Waals surface area contributed by atoms with Crippen molar-refractivity contribution in [2.24, 2.45) is 5.41 Å². The molecule has 2 aromatic carbocycles. The molecule has 0 saturated carbocycles. The number of rotatable bonds is 7. The van der Waals surface area contributed by atoms with E-state index in [1.165, 1.54) is 0 Å². The molecule has 1 saturated heterocycles. The maximum absolute atomic E-state index is 13.0. The molecule has 5 heteroatoms. The van der Waals surface area contributed by atoms with Crippen molar-refractivity contribution in [1.82, 2.24) is 5.32 Å². The van der Waals surface area contributed by atoms with Crippen LogP contribution in [0.2, 0.25) is 0 Å². The number of hydrogen-bond acceptors (Lipinski definition) is 4. The molecule has 3 rings (SSSR count). The van der Waals surface area contributed by atoms with Crippen molar-refractivity contribution in [2.45, 2.75) is 32.3 Å². The van der Waals surface area contributed by atoms with Gasteiger partial charge >= 0.3 is 0 Å². The lowest BCUT2D eigenvalue weighted by Gasteiger charge is -2.36. The molecule has 1 atom stereocenters. The first kappa shape index (κ1) is 20.4. The van der Waals surface area contributed by atoms with Crippen molar-refractivity contribution in [3.8, 4) is 16.9 Å². The Morgan fingerprint density at radius 1 is 1.18 bits per heavy atom. The van der Waals surface area contributed by atoms with E-state index in [4.69, 9.17) is 9.47 Å².